The lowest BCUT2D eigenvalue weighted by Crippen LogP contribution is -3.00. The number of carbonyl (C=O) groups excluding carboxylic acids is 1. The zero-order chi connectivity index (χ0) is 30.9. The minimum atomic E-state index is -0.154. The fraction of sp³-hybridized carbons (Fsp3) is 0.568. The highest BCUT2D eigenvalue weighted by Crippen LogP contribution is 2.35. The van der Waals surface area contributed by atoms with Gasteiger partial charge in [-0.15, -0.1) is 0 Å². The lowest BCUT2D eigenvalue weighted by molar-refractivity contribution is -0.683. The SMILES string of the molecule is CCCCCCCCCCCCCCOc1cc(C(C)N(C(=O)CC)c2cccc(C[n+]3csc(C)c3)c2)ccc1OC.[Br-]. The fourth-order valence-corrected chi connectivity index (χ4v) is 6.27. The molecule has 1 unspecified atom stereocenters. The van der Waals surface area contributed by atoms with Crippen LogP contribution in [0.3, 0.4) is 0 Å². The van der Waals surface area contributed by atoms with Crippen molar-refractivity contribution in [3.63, 3.8) is 0 Å². The molecule has 1 atom stereocenters. The number of rotatable bonds is 21. The molecule has 7 heteroatoms. The summed E-state index contributed by atoms with van der Waals surface area (Å²) in [6.45, 7) is 9.86. The van der Waals surface area contributed by atoms with E-state index in [2.05, 4.69) is 49.2 Å². The van der Waals surface area contributed by atoms with Crippen molar-refractivity contribution in [2.24, 2.45) is 0 Å². The monoisotopic (exact) mass is 686 g/mol. The number of hydrogen-bond acceptors (Lipinski definition) is 4. The minimum absolute atomic E-state index is 0. The second-order valence-electron chi connectivity index (χ2n) is 11.7. The minimum Gasteiger partial charge on any atom is -1.00 e. The molecule has 5 nitrogen and oxygen atoms in total. The summed E-state index contributed by atoms with van der Waals surface area (Å²) >= 11 is 1.74. The van der Waals surface area contributed by atoms with Crippen molar-refractivity contribution in [3.8, 4) is 11.5 Å². The third-order valence-electron chi connectivity index (χ3n) is 8.16. The van der Waals surface area contributed by atoms with Crippen molar-refractivity contribution in [1.82, 2.24) is 0 Å². The highest BCUT2D eigenvalue weighted by atomic mass is 79.9. The van der Waals surface area contributed by atoms with Crippen molar-refractivity contribution >= 4 is 22.9 Å². The molecule has 0 saturated carbocycles. The van der Waals surface area contributed by atoms with Gasteiger partial charge in [-0.3, -0.25) is 4.79 Å². The second kappa shape index (κ2) is 21.4. The maximum absolute atomic E-state index is 13.3. The van der Waals surface area contributed by atoms with Crippen LogP contribution in [0.1, 0.15) is 126 Å². The van der Waals surface area contributed by atoms with E-state index in [1.54, 1.807) is 18.4 Å². The predicted octanol–water partition coefficient (Wildman–Crippen LogP) is 6.99. The summed E-state index contributed by atoms with van der Waals surface area (Å²) in [5.41, 5.74) is 5.25. The van der Waals surface area contributed by atoms with Gasteiger partial charge in [-0.05, 0) is 50.1 Å². The summed E-state index contributed by atoms with van der Waals surface area (Å²) in [4.78, 5) is 16.5. The Morgan fingerprint density at radius 2 is 1.55 bits per heavy atom. The first-order valence-corrected chi connectivity index (χ1v) is 17.5. The molecule has 0 bridgehead atoms. The Morgan fingerprint density at radius 1 is 0.886 bits per heavy atom. The van der Waals surface area contributed by atoms with Crippen LogP contribution in [-0.2, 0) is 11.3 Å². The first-order valence-electron chi connectivity index (χ1n) is 16.6. The van der Waals surface area contributed by atoms with E-state index in [1.165, 1.54) is 81.1 Å². The van der Waals surface area contributed by atoms with Gasteiger partial charge in [0, 0.05) is 17.7 Å². The largest absolute Gasteiger partial charge is 1.00 e. The number of nitrogens with zero attached hydrogens (tertiary/aromatic N) is 2. The van der Waals surface area contributed by atoms with Crippen LogP contribution in [-0.4, -0.2) is 19.6 Å². The lowest BCUT2D eigenvalue weighted by atomic mass is 10.0. The van der Waals surface area contributed by atoms with Crippen LogP contribution in [0.25, 0.3) is 0 Å². The van der Waals surface area contributed by atoms with Crippen LogP contribution in [0.4, 0.5) is 5.69 Å². The number of amides is 1. The first kappa shape index (κ1) is 37.8. The molecule has 3 rings (SSSR count). The number of benzene rings is 2. The van der Waals surface area contributed by atoms with Crippen LogP contribution in [0.5, 0.6) is 11.5 Å². The molecular weight excluding hydrogens is 632 g/mol. The summed E-state index contributed by atoms with van der Waals surface area (Å²) < 4.78 is 14.1. The van der Waals surface area contributed by atoms with Crippen LogP contribution < -0.4 is 35.9 Å². The highest BCUT2D eigenvalue weighted by Gasteiger charge is 2.24. The Morgan fingerprint density at radius 3 is 2.14 bits per heavy atom. The number of aryl methyl sites for hydroxylation is 1. The third-order valence-corrected chi connectivity index (χ3v) is 9.01. The summed E-state index contributed by atoms with van der Waals surface area (Å²) in [6.07, 6.45) is 18.4. The molecule has 0 spiro atoms. The van der Waals surface area contributed by atoms with Crippen LogP contribution in [0, 0.1) is 6.92 Å². The van der Waals surface area contributed by atoms with Crippen molar-refractivity contribution in [1.29, 1.82) is 0 Å². The lowest BCUT2D eigenvalue weighted by Gasteiger charge is -2.30. The summed E-state index contributed by atoms with van der Waals surface area (Å²) in [5, 5.41) is 0. The van der Waals surface area contributed by atoms with E-state index >= 15 is 0 Å². The number of hydrogen-bond donors (Lipinski definition) is 0. The normalized spacial score (nSPS) is 11.6. The predicted molar refractivity (Wildman–Crippen MR) is 181 cm³/mol. The molecule has 3 aromatic rings. The molecule has 0 saturated heterocycles. The zero-order valence-electron chi connectivity index (χ0n) is 27.8. The maximum Gasteiger partial charge on any atom is 0.227 e. The number of carbonyl (C=O) groups is 1. The smallest absolute Gasteiger partial charge is 0.227 e. The molecule has 1 amide bonds. The van der Waals surface area contributed by atoms with E-state index in [4.69, 9.17) is 9.47 Å². The second-order valence-corrected chi connectivity index (χ2v) is 12.8. The van der Waals surface area contributed by atoms with E-state index in [0.29, 0.717) is 13.0 Å². The van der Waals surface area contributed by atoms with Crippen molar-refractivity contribution < 1.29 is 35.8 Å². The van der Waals surface area contributed by atoms with E-state index in [-0.39, 0.29) is 28.9 Å². The summed E-state index contributed by atoms with van der Waals surface area (Å²) in [5.74, 6) is 1.57. The number of anilines is 1. The molecule has 44 heavy (non-hydrogen) atoms. The number of halogens is 1. The maximum atomic E-state index is 13.3. The molecule has 1 heterocycles. The van der Waals surface area contributed by atoms with Gasteiger partial charge in [0.2, 0.25) is 11.4 Å². The number of methoxy groups -OCH3 is 1. The Balaban J connectivity index is 0.00000675. The molecular formula is C37H55BrN2O3S. The van der Waals surface area contributed by atoms with Crippen LogP contribution >= 0.6 is 11.3 Å². The number of thiazole rings is 1. The molecule has 0 fully saturated rings. The van der Waals surface area contributed by atoms with E-state index in [1.807, 2.05) is 42.2 Å². The molecule has 0 aliphatic rings. The van der Waals surface area contributed by atoms with Gasteiger partial charge in [-0.1, -0.05) is 114 Å². The molecule has 2 aromatic carbocycles. The highest BCUT2D eigenvalue weighted by molar-refractivity contribution is 7.09. The molecule has 0 N–H and O–H groups in total. The molecule has 0 radical (unpaired) electrons. The third kappa shape index (κ3) is 12.5. The summed E-state index contributed by atoms with van der Waals surface area (Å²) in [7, 11) is 1.68. The van der Waals surface area contributed by atoms with E-state index < -0.39 is 0 Å². The fourth-order valence-electron chi connectivity index (χ4n) is 5.64. The van der Waals surface area contributed by atoms with Gasteiger partial charge in [0.05, 0.1) is 24.6 Å². The van der Waals surface area contributed by atoms with Gasteiger partial charge < -0.3 is 31.4 Å². The molecule has 244 valence electrons. The molecule has 0 aliphatic heterocycles. The average Bonchev–Trinajstić information content (AvgIpc) is 3.43. The topological polar surface area (TPSA) is 42.7 Å². The summed E-state index contributed by atoms with van der Waals surface area (Å²) in [6, 6.07) is 14.2. The van der Waals surface area contributed by atoms with Crippen molar-refractivity contribution in [2.45, 2.75) is 124 Å². The van der Waals surface area contributed by atoms with Crippen molar-refractivity contribution in [3.05, 3.63) is 70.2 Å². The Labute approximate surface area is 281 Å². The first-order chi connectivity index (χ1) is 21.0. The molecule has 1 aromatic heterocycles. The van der Waals surface area contributed by atoms with Gasteiger partial charge in [0.25, 0.3) is 0 Å². The Hall–Kier alpha value is -2.38. The van der Waals surface area contributed by atoms with Gasteiger partial charge in [0.1, 0.15) is 0 Å². The van der Waals surface area contributed by atoms with E-state index in [9.17, 15) is 4.79 Å². The van der Waals surface area contributed by atoms with Gasteiger partial charge in [0.15, 0.2) is 24.2 Å². The van der Waals surface area contributed by atoms with Crippen LogP contribution in [0.2, 0.25) is 0 Å². The van der Waals surface area contributed by atoms with Crippen molar-refractivity contribution in [2.75, 3.05) is 18.6 Å². The van der Waals surface area contributed by atoms with Gasteiger partial charge in [-0.25, -0.2) is 0 Å². The Kier molecular flexibility index (Phi) is 18.4. The van der Waals surface area contributed by atoms with Crippen LogP contribution in [0.15, 0.2) is 54.2 Å². The standard InChI is InChI=1S/C37H55N2O3S.BrH/c1-6-8-9-10-11-12-13-14-15-16-17-18-24-42-36-26-33(22-23-35(36)41-5)31(4)39(37(40)7-2)34-21-19-20-32(25-34)28-38-27-30(3)43-29-38;/h19-23,25-27,29,31H,6-18,24,28H2,1-5H3;1H/q+1;/p-1. The number of unbranched alkanes of at least 4 members (excludes halogenated alkanes) is 11. The number of aromatic nitrogens is 1. The number of ether oxygens (including phenoxy) is 2. The Bertz CT molecular complexity index is 1230. The molecule has 0 aliphatic carbocycles. The zero-order valence-corrected chi connectivity index (χ0v) is 30.2. The quantitative estimate of drug-likeness (QED) is 0.0897. The van der Waals surface area contributed by atoms with Gasteiger partial charge in [-0.2, -0.15) is 4.57 Å². The average molecular weight is 688 g/mol. The van der Waals surface area contributed by atoms with E-state index in [0.717, 1.165) is 35.7 Å². The van der Waals surface area contributed by atoms with Gasteiger partial charge >= 0.3 is 0 Å².